The van der Waals surface area contributed by atoms with Crippen LogP contribution in [0.25, 0.3) is 0 Å². The number of rotatable bonds is 4. The highest BCUT2D eigenvalue weighted by Crippen LogP contribution is 2.33. The number of ether oxygens (including phenoxy) is 1. The average molecular weight is 320 g/mol. The van der Waals surface area contributed by atoms with E-state index in [0.29, 0.717) is 5.16 Å². The molecule has 0 bridgehead atoms. The molecule has 0 saturated heterocycles. The number of carbonyl (C=O) groups excluding carboxylic acids is 1. The van der Waals surface area contributed by atoms with Crippen LogP contribution >= 0.6 is 11.8 Å². The first-order valence-corrected chi connectivity index (χ1v) is 6.65. The van der Waals surface area contributed by atoms with E-state index in [1.54, 1.807) is 0 Å². The minimum Gasteiger partial charge on any atom is -0.464 e. The second-order valence-electron chi connectivity index (χ2n) is 4.02. The van der Waals surface area contributed by atoms with E-state index in [1.807, 2.05) is 0 Å². The maximum atomic E-state index is 12.9. The van der Waals surface area contributed by atoms with Crippen molar-refractivity contribution in [1.82, 2.24) is 19.7 Å². The van der Waals surface area contributed by atoms with Gasteiger partial charge in [-0.05, 0) is 0 Å². The van der Waals surface area contributed by atoms with Gasteiger partial charge in [0.2, 0.25) is 0 Å². The van der Waals surface area contributed by atoms with Crippen molar-refractivity contribution in [3.8, 4) is 0 Å². The molecule has 2 heterocycles. The van der Waals surface area contributed by atoms with Crippen LogP contribution in [0.4, 0.5) is 13.2 Å². The van der Waals surface area contributed by atoms with Gasteiger partial charge >= 0.3 is 12.1 Å². The Bertz CT molecular complexity index is 650. The standard InChI is InChI=1S/C11H11F3N4O2S/c1-18-8(11(12,13)14)6(3-16-18)5-21-10-15-4-7(17-10)9(19)20-2/h3-4H,5H2,1-2H3,(H,15,17). The van der Waals surface area contributed by atoms with Crippen LogP contribution in [-0.2, 0) is 23.7 Å². The van der Waals surface area contributed by atoms with Gasteiger partial charge in [0.05, 0.1) is 19.5 Å². The topological polar surface area (TPSA) is 72.8 Å². The lowest BCUT2D eigenvalue weighted by atomic mass is 10.3. The first-order chi connectivity index (χ1) is 9.82. The number of alkyl halides is 3. The fraction of sp³-hybridized carbons (Fsp3) is 0.364. The van der Waals surface area contributed by atoms with Crippen molar-refractivity contribution in [2.45, 2.75) is 17.1 Å². The highest BCUT2D eigenvalue weighted by molar-refractivity contribution is 7.98. The smallest absolute Gasteiger partial charge is 0.433 e. The largest absolute Gasteiger partial charge is 0.464 e. The number of nitrogens with one attached hydrogen (secondary N) is 1. The summed E-state index contributed by atoms with van der Waals surface area (Å²) < 4.78 is 43.9. The lowest BCUT2D eigenvalue weighted by Gasteiger charge is -2.09. The lowest BCUT2D eigenvalue weighted by Crippen LogP contribution is -2.13. The third kappa shape index (κ3) is 3.38. The van der Waals surface area contributed by atoms with Gasteiger partial charge in [-0.1, -0.05) is 11.8 Å². The molecule has 6 nitrogen and oxygen atoms in total. The Morgan fingerprint density at radius 2 is 2.19 bits per heavy atom. The lowest BCUT2D eigenvalue weighted by molar-refractivity contribution is -0.144. The van der Waals surface area contributed by atoms with Gasteiger partial charge in [0.1, 0.15) is 11.4 Å². The van der Waals surface area contributed by atoms with Gasteiger partial charge < -0.3 is 9.72 Å². The molecule has 0 aromatic carbocycles. The zero-order valence-electron chi connectivity index (χ0n) is 11.1. The molecule has 0 aliphatic heterocycles. The van der Waals surface area contributed by atoms with Crippen molar-refractivity contribution >= 4 is 17.7 Å². The molecule has 0 saturated carbocycles. The number of H-pyrrole nitrogens is 1. The van der Waals surface area contributed by atoms with Gasteiger partial charge in [0, 0.05) is 18.4 Å². The number of imidazole rings is 1. The van der Waals surface area contributed by atoms with E-state index in [-0.39, 0.29) is 17.0 Å². The third-order valence-electron chi connectivity index (χ3n) is 2.61. The van der Waals surface area contributed by atoms with E-state index in [2.05, 4.69) is 19.8 Å². The normalized spacial score (nSPS) is 11.7. The number of nitrogens with zero attached hydrogens (tertiary/aromatic N) is 3. The molecule has 0 spiro atoms. The highest BCUT2D eigenvalue weighted by Gasteiger charge is 2.37. The quantitative estimate of drug-likeness (QED) is 0.691. The molecule has 0 fully saturated rings. The van der Waals surface area contributed by atoms with Crippen molar-refractivity contribution in [3.05, 3.63) is 29.3 Å². The number of carbonyl (C=O) groups is 1. The fourth-order valence-corrected chi connectivity index (χ4v) is 2.50. The first kappa shape index (κ1) is 15.4. The molecule has 2 aromatic heterocycles. The summed E-state index contributed by atoms with van der Waals surface area (Å²) in [5.74, 6) is -0.566. The summed E-state index contributed by atoms with van der Waals surface area (Å²) in [6, 6.07) is 0. The zero-order chi connectivity index (χ0) is 15.6. The molecule has 114 valence electrons. The predicted molar refractivity (Wildman–Crippen MR) is 67.7 cm³/mol. The Labute approximate surface area is 121 Å². The van der Waals surface area contributed by atoms with E-state index < -0.39 is 17.8 Å². The number of hydrogen-bond acceptors (Lipinski definition) is 5. The zero-order valence-corrected chi connectivity index (χ0v) is 11.9. The Hall–Kier alpha value is -1.97. The Kier molecular flexibility index (Phi) is 4.26. The summed E-state index contributed by atoms with van der Waals surface area (Å²) in [4.78, 5) is 17.8. The molecule has 0 radical (unpaired) electrons. The van der Waals surface area contributed by atoms with Crippen LogP contribution in [0.15, 0.2) is 17.6 Å². The van der Waals surface area contributed by atoms with Gasteiger partial charge in [-0.3, -0.25) is 4.68 Å². The molecular weight excluding hydrogens is 309 g/mol. The minimum atomic E-state index is -4.47. The number of thioether (sulfide) groups is 1. The van der Waals surface area contributed by atoms with Crippen LogP contribution in [-0.4, -0.2) is 32.8 Å². The van der Waals surface area contributed by atoms with Crippen molar-refractivity contribution < 1.29 is 22.7 Å². The Morgan fingerprint density at radius 3 is 2.81 bits per heavy atom. The molecule has 0 aliphatic rings. The number of hydrogen-bond donors (Lipinski definition) is 1. The Morgan fingerprint density at radius 1 is 1.48 bits per heavy atom. The molecule has 0 unspecified atom stereocenters. The maximum absolute atomic E-state index is 12.9. The summed E-state index contributed by atoms with van der Waals surface area (Å²) >= 11 is 1.04. The van der Waals surface area contributed by atoms with Crippen LogP contribution in [0.3, 0.4) is 0 Å². The van der Waals surface area contributed by atoms with Gasteiger partial charge in [-0.2, -0.15) is 18.3 Å². The molecule has 0 aliphatic carbocycles. The van der Waals surface area contributed by atoms with E-state index in [9.17, 15) is 18.0 Å². The van der Waals surface area contributed by atoms with Crippen molar-refractivity contribution in [2.75, 3.05) is 7.11 Å². The van der Waals surface area contributed by atoms with Crippen LogP contribution in [0.2, 0.25) is 0 Å². The van der Waals surface area contributed by atoms with Gasteiger partial charge in [0.15, 0.2) is 5.16 Å². The second-order valence-corrected chi connectivity index (χ2v) is 4.99. The predicted octanol–water partition coefficient (Wildman–Crippen LogP) is 2.24. The van der Waals surface area contributed by atoms with Gasteiger partial charge in [-0.25, -0.2) is 9.78 Å². The Balaban J connectivity index is 2.11. The molecular formula is C11H11F3N4O2S. The van der Waals surface area contributed by atoms with E-state index in [1.165, 1.54) is 26.6 Å². The van der Waals surface area contributed by atoms with E-state index >= 15 is 0 Å². The second kappa shape index (κ2) is 5.80. The molecule has 2 rings (SSSR count). The number of methoxy groups -OCH3 is 1. The SMILES string of the molecule is COC(=O)c1cnc(SCc2cnn(C)c2C(F)(F)F)[nH]1. The van der Waals surface area contributed by atoms with E-state index in [0.717, 1.165) is 16.4 Å². The van der Waals surface area contributed by atoms with Crippen LogP contribution in [0, 0.1) is 0 Å². The van der Waals surface area contributed by atoms with Crippen LogP contribution in [0.1, 0.15) is 21.7 Å². The number of aryl methyl sites for hydroxylation is 1. The number of halogens is 3. The van der Waals surface area contributed by atoms with Gasteiger partial charge in [-0.15, -0.1) is 0 Å². The summed E-state index contributed by atoms with van der Waals surface area (Å²) in [6.07, 6.45) is -2.04. The summed E-state index contributed by atoms with van der Waals surface area (Å²) in [7, 11) is 2.46. The molecule has 1 N–H and O–H groups in total. The van der Waals surface area contributed by atoms with Crippen molar-refractivity contribution in [3.63, 3.8) is 0 Å². The first-order valence-electron chi connectivity index (χ1n) is 5.67. The van der Waals surface area contributed by atoms with Crippen molar-refractivity contribution in [2.24, 2.45) is 7.05 Å². The molecule has 2 aromatic rings. The fourth-order valence-electron chi connectivity index (χ4n) is 1.69. The van der Waals surface area contributed by atoms with Crippen molar-refractivity contribution in [1.29, 1.82) is 0 Å². The number of esters is 1. The van der Waals surface area contributed by atoms with Gasteiger partial charge in [0.25, 0.3) is 0 Å². The monoisotopic (exact) mass is 320 g/mol. The third-order valence-corrected chi connectivity index (χ3v) is 3.54. The molecule has 21 heavy (non-hydrogen) atoms. The van der Waals surface area contributed by atoms with E-state index in [4.69, 9.17) is 0 Å². The number of aromatic amines is 1. The molecule has 10 heteroatoms. The average Bonchev–Trinajstić information content (AvgIpc) is 3.01. The molecule has 0 atom stereocenters. The summed E-state index contributed by atoms with van der Waals surface area (Å²) in [5, 5.41) is 3.95. The summed E-state index contributed by atoms with van der Waals surface area (Å²) in [6.45, 7) is 0. The summed E-state index contributed by atoms with van der Waals surface area (Å²) in [5.41, 5.74) is -0.608. The minimum absolute atomic E-state index is 0.0246. The number of aromatic nitrogens is 4. The van der Waals surface area contributed by atoms with Crippen LogP contribution < -0.4 is 0 Å². The van der Waals surface area contributed by atoms with Crippen LogP contribution in [0.5, 0.6) is 0 Å². The highest BCUT2D eigenvalue weighted by atomic mass is 32.2. The molecule has 0 amide bonds. The maximum Gasteiger partial charge on any atom is 0.433 e.